The fourth-order valence-corrected chi connectivity index (χ4v) is 1.48. The standard InChI is InChI=1S/C10H15N3O/c1-3-9-8(6-13(2)12-9)10(14)11-7-4-5-7/h6-7H,3-5H2,1-2H3,(H,11,14). The van der Waals surface area contributed by atoms with Crippen molar-refractivity contribution >= 4 is 5.91 Å². The molecule has 1 N–H and O–H groups in total. The molecule has 0 aromatic carbocycles. The fraction of sp³-hybridized carbons (Fsp3) is 0.600. The van der Waals surface area contributed by atoms with Crippen LogP contribution in [0.1, 0.15) is 35.8 Å². The van der Waals surface area contributed by atoms with Crippen LogP contribution in [-0.4, -0.2) is 21.7 Å². The first kappa shape index (κ1) is 9.24. The van der Waals surface area contributed by atoms with Crippen LogP contribution in [0.15, 0.2) is 6.20 Å². The van der Waals surface area contributed by atoms with E-state index in [0.717, 1.165) is 30.5 Å². The molecule has 1 aromatic heterocycles. The van der Waals surface area contributed by atoms with Crippen molar-refractivity contribution in [2.24, 2.45) is 7.05 Å². The van der Waals surface area contributed by atoms with E-state index in [9.17, 15) is 4.79 Å². The van der Waals surface area contributed by atoms with Crippen LogP contribution in [0, 0.1) is 0 Å². The average Bonchev–Trinajstić information content (AvgIpc) is 2.87. The van der Waals surface area contributed by atoms with Crippen LogP contribution in [0.2, 0.25) is 0 Å². The third-order valence-electron chi connectivity index (χ3n) is 2.40. The number of hydrogen-bond donors (Lipinski definition) is 1. The first-order valence-corrected chi connectivity index (χ1v) is 5.04. The van der Waals surface area contributed by atoms with Gasteiger partial charge in [-0.05, 0) is 19.3 Å². The summed E-state index contributed by atoms with van der Waals surface area (Å²) in [7, 11) is 1.84. The van der Waals surface area contributed by atoms with Crippen molar-refractivity contribution in [2.45, 2.75) is 32.2 Å². The molecule has 0 saturated heterocycles. The Kier molecular flexibility index (Phi) is 2.27. The second kappa shape index (κ2) is 3.44. The molecule has 1 heterocycles. The van der Waals surface area contributed by atoms with Crippen molar-refractivity contribution in [1.29, 1.82) is 0 Å². The molecule has 1 saturated carbocycles. The Hall–Kier alpha value is -1.32. The summed E-state index contributed by atoms with van der Waals surface area (Å²) in [5.41, 5.74) is 1.60. The van der Waals surface area contributed by atoms with Gasteiger partial charge < -0.3 is 5.32 Å². The minimum Gasteiger partial charge on any atom is -0.349 e. The predicted octanol–water partition coefficient (Wildman–Crippen LogP) is 0.875. The Balaban J connectivity index is 2.15. The van der Waals surface area contributed by atoms with Crippen molar-refractivity contribution < 1.29 is 4.79 Å². The average molecular weight is 193 g/mol. The van der Waals surface area contributed by atoms with E-state index in [2.05, 4.69) is 10.4 Å². The van der Waals surface area contributed by atoms with E-state index in [-0.39, 0.29) is 5.91 Å². The molecule has 2 rings (SSSR count). The summed E-state index contributed by atoms with van der Waals surface area (Å²) >= 11 is 0. The SMILES string of the molecule is CCc1nn(C)cc1C(=O)NC1CC1. The topological polar surface area (TPSA) is 46.9 Å². The molecule has 1 fully saturated rings. The lowest BCUT2D eigenvalue weighted by atomic mass is 10.2. The predicted molar refractivity (Wildman–Crippen MR) is 53.1 cm³/mol. The molecule has 0 spiro atoms. The zero-order chi connectivity index (χ0) is 10.1. The quantitative estimate of drug-likeness (QED) is 0.774. The molecular formula is C10H15N3O. The van der Waals surface area contributed by atoms with Crippen LogP contribution < -0.4 is 5.32 Å². The molecule has 0 bridgehead atoms. The molecule has 1 aromatic rings. The lowest BCUT2D eigenvalue weighted by Gasteiger charge is -2.01. The van der Waals surface area contributed by atoms with Crippen molar-refractivity contribution in [3.05, 3.63) is 17.5 Å². The van der Waals surface area contributed by atoms with Gasteiger partial charge in [-0.1, -0.05) is 6.92 Å². The highest BCUT2D eigenvalue weighted by molar-refractivity contribution is 5.95. The summed E-state index contributed by atoms with van der Waals surface area (Å²) in [6, 6.07) is 0.410. The molecule has 1 aliphatic rings. The number of nitrogens with zero attached hydrogens (tertiary/aromatic N) is 2. The first-order chi connectivity index (χ1) is 6.70. The van der Waals surface area contributed by atoms with E-state index < -0.39 is 0 Å². The first-order valence-electron chi connectivity index (χ1n) is 5.04. The van der Waals surface area contributed by atoms with Gasteiger partial charge in [-0.25, -0.2) is 0 Å². The van der Waals surface area contributed by atoms with Crippen LogP contribution in [0.5, 0.6) is 0 Å². The monoisotopic (exact) mass is 193 g/mol. The minimum absolute atomic E-state index is 0.0254. The molecule has 14 heavy (non-hydrogen) atoms. The van der Waals surface area contributed by atoms with Crippen LogP contribution >= 0.6 is 0 Å². The number of rotatable bonds is 3. The van der Waals surface area contributed by atoms with Gasteiger partial charge in [0.05, 0.1) is 11.3 Å². The van der Waals surface area contributed by atoms with E-state index in [4.69, 9.17) is 0 Å². The highest BCUT2D eigenvalue weighted by atomic mass is 16.1. The number of carbonyl (C=O) groups is 1. The number of aromatic nitrogens is 2. The van der Waals surface area contributed by atoms with Gasteiger partial charge in [0.1, 0.15) is 0 Å². The summed E-state index contributed by atoms with van der Waals surface area (Å²) in [6.07, 6.45) is 4.83. The van der Waals surface area contributed by atoms with Gasteiger partial charge in [0.25, 0.3) is 5.91 Å². The van der Waals surface area contributed by atoms with Gasteiger partial charge in [0.15, 0.2) is 0 Å². The maximum atomic E-state index is 11.7. The maximum absolute atomic E-state index is 11.7. The van der Waals surface area contributed by atoms with Gasteiger partial charge in [-0.15, -0.1) is 0 Å². The zero-order valence-electron chi connectivity index (χ0n) is 8.58. The molecule has 1 aliphatic carbocycles. The Labute approximate surface area is 83.3 Å². The molecule has 1 amide bonds. The van der Waals surface area contributed by atoms with Gasteiger partial charge in [-0.3, -0.25) is 9.48 Å². The van der Waals surface area contributed by atoms with Crippen molar-refractivity contribution in [3.63, 3.8) is 0 Å². The van der Waals surface area contributed by atoms with E-state index in [1.165, 1.54) is 0 Å². The van der Waals surface area contributed by atoms with Crippen LogP contribution in [0.3, 0.4) is 0 Å². The van der Waals surface area contributed by atoms with Gasteiger partial charge >= 0.3 is 0 Å². The van der Waals surface area contributed by atoms with Crippen LogP contribution in [-0.2, 0) is 13.5 Å². The van der Waals surface area contributed by atoms with Crippen molar-refractivity contribution in [3.8, 4) is 0 Å². The molecule has 0 unspecified atom stereocenters. The zero-order valence-corrected chi connectivity index (χ0v) is 8.58. The van der Waals surface area contributed by atoms with Gasteiger partial charge in [-0.2, -0.15) is 5.10 Å². The Bertz CT molecular complexity index is 352. The maximum Gasteiger partial charge on any atom is 0.254 e. The largest absolute Gasteiger partial charge is 0.349 e. The normalized spacial score (nSPS) is 15.6. The third-order valence-corrected chi connectivity index (χ3v) is 2.40. The van der Waals surface area contributed by atoms with Gasteiger partial charge in [0.2, 0.25) is 0 Å². The molecule has 0 radical (unpaired) electrons. The summed E-state index contributed by atoms with van der Waals surface area (Å²) in [5.74, 6) is 0.0254. The number of hydrogen-bond acceptors (Lipinski definition) is 2. The second-order valence-corrected chi connectivity index (χ2v) is 3.76. The van der Waals surface area contributed by atoms with Gasteiger partial charge in [0, 0.05) is 19.3 Å². The molecule has 76 valence electrons. The van der Waals surface area contributed by atoms with E-state index in [0.29, 0.717) is 6.04 Å². The molecule has 4 nitrogen and oxygen atoms in total. The summed E-state index contributed by atoms with van der Waals surface area (Å²) in [4.78, 5) is 11.7. The Morgan fingerprint density at radius 3 is 3.00 bits per heavy atom. The minimum atomic E-state index is 0.0254. The Morgan fingerprint density at radius 2 is 2.43 bits per heavy atom. The van der Waals surface area contributed by atoms with E-state index in [1.807, 2.05) is 14.0 Å². The molecule has 0 atom stereocenters. The number of aryl methyl sites for hydroxylation is 2. The van der Waals surface area contributed by atoms with E-state index >= 15 is 0 Å². The summed E-state index contributed by atoms with van der Waals surface area (Å²) in [5, 5.41) is 7.20. The smallest absolute Gasteiger partial charge is 0.254 e. The van der Waals surface area contributed by atoms with Crippen LogP contribution in [0.4, 0.5) is 0 Å². The number of carbonyl (C=O) groups excluding carboxylic acids is 1. The third kappa shape index (κ3) is 1.78. The highest BCUT2D eigenvalue weighted by Gasteiger charge is 2.25. The number of nitrogens with one attached hydrogen (secondary N) is 1. The highest BCUT2D eigenvalue weighted by Crippen LogP contribution is 2.19. The fourth-order valence-electron chi connectivity index (χ4n) is 1.48. The van der Waals surface area contributed by atoms with Crippen LogP contribution in [0.25, 0.3) is 0 Å². The summed E-state index contributed by atoms with van der Waals surface area (Å²) in [6.45, 7) is 2.01. The summed E-state index contributed by atoms with van der Waals surface area (Å²) < 4.78 is 1.70. The Morgan fingerprint density at radius 1 is 1.71 bits per heavy atom. The van der Waals surface area contributed by atoms with Crippen molar-refractivity contribution in [1.82, 2.24) is 15.1 Å². The van der Waals surface area contributed by atoms with E-state index in [1.54, 1.807) is 10.9 Å². The molecule has 0 aliphatic heterocycles. The molecule has 4 heteroatoms. The lowest BCUT2D eigenvalue weighted by molar-refractivity contribution is 0.0950. The lowest BCUT2D eigenvalue weighted by Crippen LogP contribution is -2.25. The molecular weight excluding hydrogens is 178 g/mol. The van der Waals surface area contributed by atoms with Crippen molar-refractivity contribution in [2.75, 3.05) is 0 Å². The number of amides is 1. The second-order valence-electron chi connectivity index (χ2n) is 3.76.